The number of carbonyl (C=O) groups is 2. The zero-order valence-electron chi connectivity index (χ0n) is 11.3. The molecule has 0 aromatic heterocycles. The minimum absolute atomic E-state index is 0.309. The molecule has 1 aromatic carbocycles. The van der Waals surface area contributed by atoms with Crippen LogP contribution in [-0.4, -0.2) is 30.2 Å². The number of nitrogens with one attached hydrogen (secondary N) is 1. The predicted octanol–water partition coefficient (Wildman–Crippen LogP) is 1.53. The Hall–Kier alpha value is -1.88. The fourth-order valence-corrected chi connectivity index (χ4v) is 1.60. The summed E-state index contributed by atoms with van der Waals surface area (Å²) in [6.45, 7) is 3.90. The summed E-state index contributed by atoms with van der Waals surface area (Å²) in [5.41, 5.74) is 1.74. The number of carboxylic acid groups (broad SMARTS) is 1. The summed E-state index contributed by atoms with van der Waals surface area (Å²) >= 11 is 0. The van der Waals surface area contributed by atoms with E-state index in [4.69, 9.17) is 5.11 Å². The van der Waals surface area contributed by atoms with E-state index in [-0.39, 0.29) is 12.0 Å². The number of carboxylic acids is 1. The Morgan fingerprint density at radius 3 is 2.32 bits per heavy atom. The summed E-state index contributed by atoms with van der Waals surface area (Å²) in [4.78, 5) is 22.0. The third-order valence-electron chi connectivity index (χ3n) is 3.02. The van der Waals surface area contributed by atoms with Crippen LogP contribution in [0.4, 0.5) is 0 Å². The first-order valence-electron chi connectivity index (χ1n) is 6.08. The second kappa shape index (κ2) is 6.89. The fraction of sp³-hybridized carbons (Fsp3) is 0.429. The molecule has 0 saturated heterocycles. The molecular weight excluding hydrogens is 246 g/mol. The number of benzene rings is 1. The zero-order valence-corrected chi connectivity index (χ0v) is 11.3. The smallest absolute Gasteiger partial charge is 0.322 e. The van der Waals surface area contributed by atoms with Crippen molar-refractivity contribution in [3.05, 3.63) is 35.4 Å². The van der Waals surface area contributed by atoms with Crippen LogP contribution in [0, 0.1) is 0 Å². The summed E-state index contributed by atoms with van der Waals surface area (Å²) in [5.74, 6) is -1.67. The van der Waals surface area contributed by atoms with Gasteiger partial charge in [0.05, 0.1) is 13.0 Å². The van der Waals surface area contributed by atoms with Gasteiger partial charge in [0.15, 0.2) is 0 Å². The molecule has 0 bridgehead atoms. The molecule has 0 spiro atoms. The number of aliphatic carboxylic acids is 1. The molecule has 19 heavy (non-hydrogen) atoms. The molecule has 0 saturated carbocycles. The number of ether oxygens (including phenoxy) is 1. The van der Waals surface area contributed by atoms with Crippen LogP contribution in [0.2, 0.25) is 0 Å². The van der Waals surface area contributed by atoms with Gasteiger partial charge in [-0.1, -0.05) is 24.3 Å². The largest absolute Gasteiger partial charge is 0.481 e. The molecular formula is C14H19NO4. The lowest BCUT2D eigenvalue weighted by Crippen LogP contribution is -2.34. The van der Waals surface area contributed by atoms with Crippen LogP contribution >= 0.6 is 0 Å². The van der Waals surface area contributed by atoms with E-state index in [2.05, 4.69) is 10.1 Å². The van der Waals surface area contributed by atoms with E-state index in [1.807, 2.05) is 12.1 Å². The molecule has 0 heterocycles. The van der Waals surface area contributed by atoms with Crippen LogP contribution in [0.25, 0.3) is 0 Å². The summed E-state index contributed by atoms with van der Waals surface area (Å²) in [6.07, 6.45) is 0. The molecule has 2 unspecified atom stereocenters. The summed E-state index contributed by atoms with van der Waals surface area (Å²) < 4.78 is 4.61. The lowest BCUT2D eigenvalue weighted by Gasteiger charge is -2.12. The Bertz CT molecular complexity index is 441. The van der Waals surface area contributed by atoms with Crippen LogP contribution < -0.4 is 5.32 Å². The van der Waals surface area contributed by atoms with Gasteiger partial charge in [0.25, 0.3) is 0 Å². The van der Waals surface area contributed by atoms with Crippen molar-refractivity contribution < 1.29 is 19.4 Å². The summed E-state index contributed by atoms with van der Waals surface area (Å²) in [5, 5.41) is 11.9. The Kier molecular flexibility index (Phi) is 5.51. The van der Waals surface area contributed by atoms with Crippen molar-refractivity contribution in [2.45, 2.75) is 32.4 Å². The van der Waals surface area contributed by atoms with E-state index in [1.54, 1.807) is 26.0 Å². The molecule has 0 amide bonds. The van der Waals surface area contributed by atoms with Gasteiger partial charge in [-0.2, -0.15) is 0 Å². The highest BCUT2D eigenvalue weighted by Crippen LogP contribution is 2.16. The predicted molar refractivity (Wildman–Crippen MR) is 70.8 cm³/mol. The third kappa shape index (κ3) is 4.37. The lowest BCUT2D eigenvalue weighted by molar-refractivity contribution is -0.142. The second-order valence-electron chi connectivity index (χ2n) is 4.43. The maximum absolute atomic E-state index is 11.2. The van der Waals surface area contributed by atoms with E-state index < -0.39 is 11.9 Å². The molecule has 5 heteroatoms. The van der Waals surface area contributed by atoms with Crippen molar-refractivity contribution >= 4 is 11.9 Å². The highest BCUT2D eigenvalue weighted by Gasteiger charge is 2.14. The molecule has 0 aliphatic rings. The van der Waals surface area contributed by atoms with Crippen molar-refractivity contribution in [1.82, 2.24) is 5.32 Å². The highest BCUT2D eigenvalue weighted by molar-refractivity contribution is 5.75. The van der Waals surface area contributed by atoms with E-state index in [9.17, 15) is 9.59 Å². The van der Waals surface area contributed by atoms with Crippen LogP contribution in [0.15, 0.2) is 24.3 Å². The van der Waals surface area contributed by atoms with Crippen LogP contribution in [-0.2, 0) is 20.9 Å². The SMILES string of the molecule is COC(=O)C(C)NCc1ccc(C(C)C(=O)O)cc1. The second-order valence-corrected chi connectivity index (χ2v) is 4.43. The molecule has 0 fully saturated rings. The van der Waals surface area contributed by atoms with Gasteiger partial charge in [0, 0.05) is 6.54 Å². The minimum atomic E-state index is -0.842. The molecule has 1 aromatic rings. The van der Waals surface area contributed by atoms with Gasteiger partial charge in [0.1, 0.15) is 6.04 Å². The number of methoxy groups -OCH3 is 1. The van der Waals surface area contributed by atoms with E-state index in [1.165, 1.54) is 7.11 Å². The molecule has 0 aliphatic carbocycles. The molecule has 2 atom stereocenters. The van der Waals surface area contributed by atoms with Gasteiger partial charge < -0.3 is 15.2 Å². The first-order chi connectivity index (χ1) is 8.95. The molecule has 2 N–H and O–H groups in total. The summed E-state index contributed by atoms with van der Waals surface area (Å²) in [7, 11) is 1.35. The van der Waals surface area contributed by atoms with E-state index in [0.29, 0.717) is 6.54 Å². The van der Waals surface area contributed by atoms with Gasteiger partial charge in [-0.25, -0.2) is 0 Å². The third-order valence-corrected chi connectivity index (χ3v) is 3.02. The molecule has 0 aliphatic heterocycles. The number of rotatable bonds is 6. The quantitative estimate of drug-likeness (QED) is 0.763. The Balaban J connectivity index is 2.58. The minimum Gasteiger partial charge on any atom is -0.481 e. The standard InChI is InChI=1S/C14H19NO4/c1-9(13(16)17)12-6-4-11(5-7-12)8-15-10(2)14(18)19-3/h4-7,9-10,15H,8H2,1-3H3,(H,16,17). The maximum atomic E-state index is 11.2. The monoisotopic (exact) mass is 265 g/mol. The molecule has 104 valence electrons. The van der Waals surface area contributed by atoms with Crippen molar-refractivity contribution in [3.63, 3.8) is 0 Å². The summed E-state index contributed by atoms with van der Waals surface area (Å²) in [6, 6.07) is 6.91. The van der Waals surface area contributed by atoms with E-state index >= 15 is 0 Å². The first-order valence-corrected chi connectivity index (χ1v) is 6.08. The van der Waals surface area contributed by atoms with Crippen molar-refractivity contribution in [2.24, 2.45) is 0 Å². The van der Waals surface area contributed by atoms with Crippen LogP contribution in [0.3, 0.4) is 0 Å². The Morgan fingerprint density at radius 2 is 1.84 bits per heavy atom. The first kappa shape index (κ1) is 15.2. The topological polar surface area (TPSA) is 75.6 Å². The normalized spacial score (nSPS) is 13.6. The number of hydrogen-bond acceptors (Lipinski definition) is 4. The zero-order chi connectivity index (χ0) is 14.4. The van der Waals surface area contributed by atoms with Crippen molar-refractivity contribution in [2.75, 3.05) is 7.11 Å². The lowest BCUT2D eigenvalue weighted by atomic mass is 10.00. The van der Waals surface area contributed by atoms with Gasteiger partial charge in [-0.15, -0.1) is 0 Å². The van der Waals surface area contributed by atoms with E-state index in [0.717, 1.165) is 11.1 Å². The van der Waals surface area contributed by atoms with Gasteiger partial charge in [0.2, 0.25) is 0 Å². The van der Waals surface area contributed by atoms with Crippen LogP contribution in [0.5, 0.6) is 0 Å². The van der Waals surface area contributed by atoms with Gasteiger partial charge in [-0.05, 0) is 25.0 Å². The maximum Gasteiger partial charge on any atom is 0.322 e. The molecule has 0 radical (unpaired) electrons. The van der Waals surface area contributed by atoms with Gasteiger partial charge in [-0.3, -0.25) is 9.59 Å². The highest BCUT2D eigenvalue weighted by atomic mass is 16.5. The van der Waals surface area contributed by atoms with Gasteiger partial charge >= 0.3 is 11.9 Å². The Morgan fingerprint density at radius 1 is 1.26 bits per heavy atom. The number of hydrogen-bond donors (Lipinski definition) is 2. The van der Waals surface area contributed by atoms with Crippen LogP contribution in [0.1, 0.15) is 30.9 Å². The average Bonchev–Trinajstić information content (AvgIpc) is 2.43. The van der Waals surface area contributed by atoms with Crippen molar-refractivity contribution in [3.8, 4) is 0 Å². The fourth-order valence-electron chi connectivity index (χ4n) is 1.60. The number of esters is 1. The number of carbonyl (C=O) groups excluding carboxylic acids is 1. The molecule has 1 rings (SSSR count). The Labute approximate surface area is 112 Å². The molecule has 5 nitrogen and oxygen atoms in total. The average molecular weight is 265 g/mol. The van der Waals surface area contributed by atoms with Crippen molar-refractivity contribution in [1.29, 1.82) is 0 Å².